The lowest BCUT2D eigenvalue weighted by atomic mass is 9.70. The van der Waals surface area contributed by atoms with Crippen molar-refractivity contribution in [2.75, 3.05) is 4.90 Å². The molecule has 300 valence electrons. The van der Waals surface area contributed by atoms with E-state index in [2.05, 4.69) is 231 Å². The second kappa shape index (κ2) is 12.8. The second-order valence-corrected chi connectivity index (χ2v) is 18.3. The molecule has 2 heteroatoms. The molecule has 0 radical (unpaired) electrons. The molecule has 1 spiro atoms. The third-order valence-electron chi connectivity index (χ3n) is 14.9. The molecule has 0 bridgehead atoms. The van der Waals surface area contributed by atoms with Gasteiger partial charge in [-0.3, -0.25) is 0 Å². The van der Waals surface area contributed by atoms with Crippen LogP contribution < -0.4 is 4.90 Å². The van der Waals surface area contributed by atoms with Gasteiger partial charge >= 0.3 is 0 Å². The molecule has 0 amide bonds. The molecule has 14 rings (SSSR count). The molecule has 1 aromatic heterocycles. The van der Waals surface area contributed by atoms with Gasteiger partial charge in [-0.25, -0.2) is 0 Å². The molecule has 11 aromatic rings. The van der Waals surface area contributed by atoms with Gasteiger partial charge in [0.05, 0.1) is 16.5 Å². The first-order valence-electron chi connectivity index (χ1n) is 22.4. The molecule has 64 heavy (non-hydrogen) atoms. The number of furan rings is 1. The van der Waals surface area contributed by atoms with Crippen molar-refractivity contribution in [3.63, 3.8) is 0 Å². The molecular weight excluding hydrogens is 775 g/mol. The zero-order valence-electron chi connectivity index (χ0n) is 35.6. The minimum atomic E-state index is -0.494. The van der Waals surface area contributed by atoms with E-state index >= 15 is 0 Å². The summed E-state index contributed by atoms with van der Waals surface area (Å²) < 4.78 is 7.01. The van der Waals surface area contributed by atoms with Crippen LogP contribution in [-0.4, -0.2) is 0 Å². The lowest BCUT2D eigenvalue weighted by molar-refractivity contribution is 0.660. The summed E-state index contributed by atoms with van der Waals surface area (Å²) >= 11 is 0. The lowest BCUT2D eigenvalue weighted by Gasteiger charge is -2.34. The maximum atomic E-state index is 7.01. The Morgan fingerprint density at radius 2 is 0.828 bits per heavy atom. The fraction of sp³-hybridized carbons (Fsp3) is 0.0645. The van der Waals surface area contributed by atoms with Gasteiger partial charge in [0, 0.05) is 33.1 Å². The van der Waals surface area contributed by atoms with Crippen molar-refractivity contribution in [1.82, 2.24) is 0 Å². The molecule has 0 atom stereocenters. The van der Waals surface area contributed by atoms with E-state index in [0.29, 0.717) is 0 Å². The molecule has 0 aliphatic heterocycles. The average Bonchev–Trinajstić information content (AvgIpc) is 4.04. The zero-order chi connectivity index (χ0) is 42.3. The van der Waals surface area contributed by atoms with Crippen LogP contribution in [0.2, 0.25) is 0 Å². The van der Waals surface area contributed by atoms with Gasteiger partial charge < -0.3 is 9.32 Å². The maximum Gasteiger partial charge on any atom is 0.145 e. The summed E-state index contributed by atoms with van der Waals surface area (Å²) in [4.78, 5) is 2.57. The van der Waals surface area contributed by atoms with E-state index in [-0.39, 0.29) is 5.41 Å². The van der Waals surface area contributed by atoms with Crippen LogP contribution in [0.15, 0.2) is 217 Å². The number of hydrogen-bond acceptors (Lipinski definition) is 2. The Kier molecular flexibility index (Phi) is 7.13. The number of fused-ring (bicyclic) bond motifs is 18. The Balaban J connectivity index is 1.15. The predicted molar refractivity (Wildman–Crippen MR) is 265 cm³/mol. The summed E-state index contributed by atoms with van der Waals surface area (Å²) in [5, 5.41) is 4.45. The molecule has 0 unspecified atom stereocenters. The first-order valence-corrected chi connectivity index (χ1v) is 22.4. The fourth-order valence-corrected chi connectivity index (χ4v) is 12.2. The van der Waals surface area contributed by atoms with E-state index in [1.807, 2.05) is 0 Å². The van der Waals surface area contributed by atoms with Crippen LogP contribution in [-0.2, 0) is 10.8 Å². The van der Waals surface area contributed by atoms with Crippen LogP contribution in [0.4, 0.5) is 17.1 Å². The normalized spacial score (nSPS) is 14.3. The number of nitrogens with zero attached hydrogens (tertiary/aromatic N) is 1. The Bertz CT molecular complexity index is 3710. The van der Waals surface area contributed by atoms with E-state index in [9.17, 15) is 0 Å². The summed E-state index contributed by atoms with van der Waals surface area (Å²) in [6.45, 7) is 4.76. The van der Waals surface area contributed by atoms with Crippen LogP contribution in [0.5, 0.6) is 0 Å². The van der Waals surface area contributed by atoms with Crippen LogP contribution in [0.3, 0.4) is 0 Å². The highest BCUT2D eigenvalue weighted by molar-refractivity contribution is 6.27. The van der Waals surface area contributed by atoms with E-state index in [0.717, 1.165) is 55.3 Å². The number of para-hydroxylation sites is 1. The van der Waals surface area contributed by atoms with Gasteiger partial charge in [0.2, 0.25) is 0 Å². The van der Waals surface area contributed by atoms with Crippen molar-refractivity contribution >= 4 is 49.8 Å². The molecule has 0 saturated carbocycles. The second-order valence-electron chi connectivity index (χ2n) is 18.3. The van der Waals surface area contributed by atoms with Crippen LogP contribution in [0.1, 0.15) is 47.2 Å². The van der Waals surface area contributed by atoms with Crippen LogP contribution >= 0.6 is 0 Å². The van der Waals surface area contributed by atoms with Gasteiger partial charge in [-0.2, -0.15) is 0 Å². The lowest BCUT2D eigenvalue weighted by Crippen LogP contribution is -2.26. The highest BCUT2D eigenvalue weighted by atomic mass is 16.3. The van der Waals surface area contributed by atoms with Gasteiger partial charge in [0.25, 0.3) is 0 Å². The molecule has 0 N–H and O–H groups in total. The number of anilines is 3. The van der Waals surface area contributed by atoms with Crippen molar-refractivity contribution in [1.29, 1.82) is 0 Å². The smallest absolute Gasteiger partial charge is 0.145 e. The number of hydrogen-bond donors (Lipinski definition) is 0. The zero-order valence-corrected chi connectivity index (χ0v) is 35.6. The van der Waals surface area contributed by atoms with Gasteiger partial charge in [0.1, 0.15) is 11.2 Å². The van der Waals surface area contributed by atoms with Crippen LogP contribution in [0.25, 0.3) is 77.2 Å². The molecule has 2 nitrogen and oxygen atoms in total. The van der Waals surface area contributed by atoms with Gasteiger partial charge in [-0.05, 0) is 108 Å². The third-order valence-corrected chi connectivity index (χ3v) is 14.9. The molecule has 10 aromatic carbocycles. The summed E-state index contributed by atoms with van der Waals surface area (Å²) in [6.07, 6.45) is 0. The molecule has 0 fully saturated rings. The standard InChI is InChI=1S/C62H41NO/c1-61(2)50-27-13-8-20-41(50)45-34-32-39(36-54(45)61)63(59-57(38-18-4-3-5-19-38)47-24-6-7-25-48(47)60-58(59)49-26-12-17-31-56(49)64-60)40-33-35-46-44-23-11-16-30-53(44)62(55(46)37-40)51-28-14-9-21-42(51)43-22-10-15-29-52(43)62/h3-37H,1-2H3. The minimum absolute atomic E-state index is 0.197. The van der Waals surface area contributed by atoms with Crippen molar-refractivity contribution in [2.24, 2.45) is 0 Å². The van der Waals surface area contributed by atoms with E-state index in [1.54, 1.807) is 0 Å². The molecule has 1 heterocycles. The van der Waals surface area contributed by atoms with Crippen LogP contribution in [0, 0.1) is 0 Å². The van der Waals surface area contributed by atoms with E-state index < -0.39 is 5.41 Å². The monoisotopic (exact) mass is 815 g/mol. The minimum Gasteiger partial charge on any atom is -0.455 e. The Morgan fingerprint density at radius 3 is 1.45 bits per heavy atom. The molecule has 0 saturated heterocycles. The Morgan fingerprint density at radius 1 is 0.375 bits per heavy atom. The highest BCUT2D eigenvalue weighted by Gasteiger charge is 2.52. The van der Waals surface area contributed by atoms with Crippen molar-refractivity contribution in [3.8, 4) is 44.5 Å². The van der Waals surface area contributed by atoms with E-state index in [4.69, 9.17) is 4.42 Å². The summed E-state index contributed by atoms with van der Waals surface area (Å²) in [5.74, 6) is 0. The topological polar surface area (TPSA) is 16.4 Å². The SMILES string of the molecule is CC1(C)c2ccccc2-c2ccc(N(c3ccc4c(c3)C3(c5ccccc5-c5ccccc53)c3ccccc3-4)c3c(-c4ccccc4)c4ccccc4c4oc5ccccc5c34)cc21. The molecule has 3 aliphatic rings. The van der Waals surface area contributed by atoms with Crippen molar-refractivity contribution in [2.45, 2.75) is 24.7 Å². The van der Waals surface area contributed by atoms with E-state index in [1.165, 1.54) is 72.3 Å². The average molecular weight is 816 g/mol. The third kappa shape index (κ3) is 4.49. The summed E-state index contributed by atoms with van der Waals surface area (Å²) in [6, 6.07) is 79.0. The Hall–Kier alpha value is -7.94. The first kappa shape index (κ1) is 35.6. The first-order chi connectivity index (χ1) is 31.5. The predicted octanol–water partition coefficient (Wildman–Crippen LogP) is 16.5. The number of rotatable bonds is 4. The molecule has 3 aliphatic carbocycles. The molecular formula is C62H41NO. The fourth-order valence-electron chi connectivity index (χ4n) is 12.2. The summed E-state index contributed by atoms with van der Waals surface area (Å²) in [7, 11) is 0. The Labute approximate surface area is 372 Å². The van der Waals surface area contributed by atoms with Gasteiger partial charge in [-0.15, -0.1) is 0 Å². The van der Waals surface area contributed by atoms with Crippen molar-refractivity contribution < 1.29 is 4.42 Å². The quantitative estimate of drug-likeness (QED) is 0.176. The largest absolute Gasteiger partial charge is 0.455 e. The van der Waals surface area contributed by atoms with Gasteiger partial charge in [-0.1, -0.05) is 196 Å². The van der Waals surface area contributed by atoms with Crippen molar-refractivity contribution in [3.05, 3.63) is 246 Å². The summed E-state index contributed by atoms with van der Waals surface area (Å²) in [5.41, 5.74) is 22.5. The van der Waals surface area contributed by atoms with Gasteiger partial charge in [0.15, 0.2) is 0 Å². The number of benzene rings is 10. The highest BCUT2D eigenvalue weighted by Crippen LogP contribution is 2.64. The maximum absolute atomic E-state index is 7.01.